The lowest BCUT2D eigenvalue weighted by Crippen LogP contribution is -2.23. The van der Waals surface area contributed by atoms with Crippen LogP contribution < -0.4 is 4.72 Å². The lowest BCUT2D eigenvalue weighted by Gasteiger charge is -2.09. The number of nitrogens with zero attached hydrogens (tertiary/aromatic N) is 1. The molecule has 0 fully saturated rings. The van der Waals surface area contributed by atoms with Crippen LogP contribution in [0.5, 0.6) is 0 Å². The summed E-state index contributed by atoms with van der Waals surface area (Å²) in [6.45, 7) is 0.0988. The molecule has 0 atom stereocenters. The third-order valence-electron chi connectivity index (χ3n) is 2.25. The number of H-pyrrole nitrogens is 1. The van der Waals surface area contributed by atoms with Gasteiger partial charge in [-0.1, -0.05) is 39.1 Å². The van der Waals surface area contributed by atoms with E-state index in [4.69, 9.17) is 23.2 Å². The van der Waals surface area contributed by atoms with E-state index < -0.39 is 10.0 Å². The van der Waals surface area contributed by atoms with Crippen LogP contribution in [0.25, 0.3) is 0 Å². The standard InChI is InChI=1S/C10H8BrCl2N3O2S/c11-7-1-8(12)10(9(13)2-7)19(17,18)16-5-6-3-14-15-4-6/h1-4,16H,5H2,(H,14,15). The van der Waals surface area contributed by atoms with Crippen LogP contribution >= 0.6 is 39.1 Å². The van der Waals surface area contributed by atoms with Gasteiger partial charge >= 0.3 is 0 Å². The first-order valence-electron chi connectivity index (χ1n) is 5.02. The number of benzene rings is 1. The van der Waals surface area contributed by atoms with Gasteiger partial charge < -0.3 is 0 Å². The second-order valence-electron chi connectivity index (χ2n) is 3.63. The molecule has 1 aromatic heterocycles. The smallest absolute Gasteiger partial charge is 0.243 e. The van der Waals surface area contributed by atoms with Gasteiger partial charge in [-0.3, -0.25) is 5.10 Å². The molecule has 0 aliphatic rings. The molecule has 0 amide bonds. The van der Waals surface area contributed by atoms with Crippen molar-refractivity contribution in [3.63, 3.8) is 0 Å². The number of nitrogens with one attached hydrogen (secondary N) is 2. The number of rotatable bonds is 4. The fourth-order valence-corrected chi connectivity index (χ4v) is 4.36. The highest BCUT2D eigenvalue weighted by Crippen LogP contribution is 2.32. The molecule has 0 bridgehead atoms. The van der Waals surface area contributed by atoms with Gasteiger partial charge in [-0.25, -0.2) is 13.1 Å². The second kappa shape index (κ2) is 5.80. The number of aromatic amines is 1. The molecular formula is C10H8BrCl2N3O2S. The molecule has 19 heavy (non-hydrogen) atoms. The highest BCUT2D eigenvalue weighted by atomic mass is 79.9. The van der Waals surface area contributed by atoms with Crippen molar-refractivity contribution in [1.82, 2.24) is 14.9 Å². The molecule has 102 valence electrons. The van der Waals surface area contributed by atoms with Gasteiger partial charge in [-0.2, -0.15) is 5.10 Å². The predicted octanol–water partition coefficient (Wildman–Crippen LogP) is 2.96. The van der Waals surface area contributed by atoms with E-state index in [0.717, 1.165) is 0 Å². The highest BCUT2D eigenvalue weighted by Gasteiger charge is 2.22. The summed E-state index contributed by atoms with van der Waals surface area (Å²) in [6, 6.07) is 2.94. The average Bonchev–Trinajstić information content (AvgIpc) is 2.77. The zero-order chi connectivity index (χ0) is 14.0. The maximum atomic E-state index is 12.2. The fourth-order valence-electron chi connectivity index (χ4n) is 1.41. The van der Waals surface area contributed by atoms with Crippen LogP contribution in [0.2, 0.25) is 10.0 Å². The Morgan fingerprint density at radius 3 is 2.47 bits per heavy atom. The summed E-state index contributed by atoms with van der Waals surface area (Å²) in [5.41, 5.74) is 0.702. The molecule has 5 nitrogen and oxygen atoms in total. The Kier molecular flexibility index (Phi) is 4.52. The van der Waals surface area contributed by atoms with E-state index in [0.29, 0.717) is 10.0 Å². The molecule has 1 heterocycles. The Hall–Kier alpha value is -0.600. The normalized spacial score (nSPS) is 11.7. The van der Waals surface area contributed by atoms with E-state index in [9.17, 15) is 8.42 Å². The van der Waals surface area contributed by atoms with E-state index in [-0.39, 0.29) is 21.5 Å². The summed E-state index contributed by atoms with van der Waals surface area (Å²) in [5.74, 6) is 0. The summed E-state index contributed by atoms with van der Waals surface area (Å²) >= 11 is 15.0. The monoisotopic (exact) mass is 383 g/mol. The Morgan fingerprint density at radius 2 is 1.95 bits per heavy atom. The SMILES string of the molecule is O=S(=O)(NCc1cn[nH]c1)c1c(Cl)cc(Br)cc1Cl. The van der Waals surface area contributed by atoms with Crippen molar-refractivity contribution in [2.45, 2.75) is 11.4 Å². The van der Waals surface area contributed by atoms with Crippen molar-refractivity contribution in [2.75, 3.05) is 0 Å². The molecule has 9 heteroatoms. The molecule has 2 N–H and O–H groups in total. The average molecular weight is 385 g/mol. The minimum Gasteiger partial charge on any atom is -0.285 e. The zero-order valence-corrected chi connectivity index (χ0v) is 13.2. The van der Waals surface area contributed by atoms with Crippen LogP contribution in [0.1, 0.15) is 5.56 Å². The number of aromatic nitrogens is 2. The van der Waals surface area contributed by atoms with Crippen molar-refractivity contribution < 1.29 is 8.42 Å². The van der Waals surface area contributed by atoms with Crippen LogP contribution in [0, 0.1) is 0 Å². The third-order valence-corrected chi connectivity index (χ3v) is 5.03. The molecule has 2 aromatic rings. The maximum absolute atomic E-state index is 12.2. The summed E-state index contributed by atoms with van der Waals surface area (Å²) in [4.78, 5) is -0.137. The zero-order valence-electron chi connectivity index (χ0n) is 9.32. The molecule has 0 saturated carbocycles. The van der Waals surface area contributed by atoms with Crippen LogP contribution in [0.4, 0.5) is 0 Å². The fraction of sp³-hybridized carbons (Fsp3) is 0.100. The van der Waals surface area contributed by atoms with Crippen molar-refractivity contribution in [2.24, 2.45) is 0 Å². The van der Waals surface area contributed by atoms with E-state index in [1.54, 1.807) is 6.20 Å². The molecule has 0 spiro atoms. The summed E-state index contributed by atoms with van der Waals surface area (Å²) in [5, 5.41) is 6.43. The third kappa shape index (κ3) is 3.49. The van der Waals surface area contributed by atoms with Crippen molar-refractivity contribution in [3.05, 3.63) is 44.6 Å². The molecule has 0 aliphatic heterocycles. The molecule has 0 unspecified atom stereocenters. The van der Waals surface area contributed by atoms with Crippen LogP contribution in [-0.2, 0) is 16.6 Å². The number of hydrogen-bond acceptors (Lipinski definition) is 3. The van der Waals surface area contributed by atoms with Crippen molar-refractivity contribution >= 4 is 49.2 Å². The minimum atomic E-state index is -3.79. The van der Waals surface area contributed by atoms with Crippen LogP contribution in [-0.4, -0.2) is 18.6 Å². The maximum Gasteiger partial charge on any atom is 0.243 e. The first-order chi connectivity index (χ1) is 8.90. The molecule has 0 radical (unpaired) electrons. The Bertz CT molecular complexity index is 666. The van der Waals surface area contributed by atoms with E-state index >= 15 is 0 Å². The van der Waals surface area contributed by atoms with Gasteiger partial charge in [-0.15, -0.1) is 0 Å². The van der Waals surface area contributed by atoms with Gasteiger partial charge in [0.1, 0.15) is 4.90 Å². The second-order valence-corrected chi connectivity index (χ2v) is 7.06. The Morgan fingerprint density at radius 1 is 1.32 bits per heavy atom. The first-order valence-corrected chi connectivity index (χ1v) is 8.05. The lowest BCUT2D eigenvalue weighted by atomic mass is 10.4. The van der Waals surface area contributed by atoms with Gasteiger partial charge in [0.15, 0.2) is 0 Å². The van der Waals surface area contributed by atoms with Crippen LogP contribution in [0.15, 0.2) is 33.9 Å². The van der Waals surface area contributed by atoms with Crippen molar-refractivity contribution in [3.8, 4) is 0 Å². The van der Waals surface area contributed by atoms with Gasteiger partial charge in [0.25, 0.3) is 0 Å². The first kappa shape index (κ1) is 14.8. The Balaban J connectivity index is 2.29. The lowest BCUT2D eigenvalue weighted by molar-refractivity contribution is 0.581. The minimum absolute atomic E-state index is 0.0547. The molecule has 0 saturated heterocycles. The van der Waals surface area contributed by atoms with E-state index in [2.05, 4.69) is 30.8 Å². The van der Waals surface area contributed by atoms with Gasteiger partial charge in [-0.05, 0) is 12.1 Å². The number of halogens is 3. The van der Waals surface area contributed by atoms with Gasteiger partial charge in [0.05, 0.1) is 16.2 Å². The summed E-state index contributed by atoms with van der Waals surface area (Å²) in [7, 11) is -3.79. The molecule has 0 aliphatic carbocycles. The summed E-state index contributed by atoms with van der Waals surface area (Å²) in [6.07, 6.45) is 3.11. The molecule has 1 aromatic carbocycles. The highest BCUT2D eigenvalue weighted by molar-refractivity contribution is 9.10. The largest absolute Gasteiger partial charge is 0.285 e. The predicted molar refractivity (Wildman–Crippen MR) is 76.8 cm³/mol. The van der Waals surface area contributed by atoms with Crippen LogP contribution in [0.3, 0.4) is 0 Å². The number of hydrogen-bond donors (Lipinski definition) is 2. The molecular weight excluding hydrogens is 377 g/mol. The van der Waals surface area contributed by atoms with E-state index in [1.165, 1.54) is 18.3 Å². The quantitative estimate of drug-likeness (QED) is 0.850. The topological polar surface area (TPSA) is 74.8 Å². The van der Waals surface area contributed by atoms with Gasteiger partial charge in [0.2, 0.25) is 10.0 Å². The van der Waals surface area contributed by atoms with E-state index in [1.807, 2.05) is 0 Å². The Labute approximate surface area is 128 Å². The van der Waals surface area contributed by atoms with Crippen molar-refractivity contribution in [1.29, 1.82) is 0 Å². The molecule has 2 rings (SSSR count). The summed E-state index contributed by atoms with van der Waals surface area (Å²) < 4.78 is 27.3. The number of sulfonamides is 1. The van der Waals surface area contributed by atoms with Gasteiger partial charge in [0, 0.05) is 22.8 Å².